The topological polar surface area (TPSA) is 79.3 Å². The molecule has 3 aromatic rings. The molecule has 7 nitrogen and oxygen atoms in total. The van der Waals surface area contributed by atoms with Crippen LogP contribution in [0.25, 0.3) is 11.0 Å². The van der Waals surface area contributed by atoms with Gasteiger partial charge in [-0.1, -0.05) is 6.07 Å². The number of aryl methyl sites for hydroxylation is 2. The van der Waals surface area contributed by atoms with Gasteiger partial charge in [-0.15, -0.1) is 0 Å². The molecule has 0 bridgehead atoms. The fourth-order valence-electron chi connectivity index (χ4n) is 4.59. The summed E-state index contributed by atoms with van der Waals surface area (Å²) in [5.41, 5.74) is 6.01. The number of rotatable bonds is 5. The first-order valence-electron chi connectivity index (χ1n) is 11.1. The minimum Gasteiger partial charge on any atom is -0.339 e. The van der Waals surface area contributed by atoms with Gasteiger partial charge in [-0.25, -0.2) is 9.78 Å². The van der Waals surface area contributed by atoms with Gasteiger partial charge in [0, 0.05) is 37.4 Å². The van der Waals surface area contributed by atoms with E-state index < -0.39 is 0 Å². The number of anilines is 1. The van der Waals surface area contributed by atoms with Crippen LogP contribution in [-0.4, -0.2) is 46.0 Å². The molecule has 0 atom stereocenters. The highest BCUT2D eigenvalue weighted by Gasteiger charge is 2.20. The van der Waals surface area contributed by atoms with E-state index in [-0.39, 0.29) is 11.9 Å². The van der Waals surface area contributed by atoms with E-state index in [4.69, 9.17) is 0 Å². The number of carbonyl (C=O) groups is 2. The maximum absolute atomic E-state index is 12.6. The molecule has 0 saturated carbocycles. The molecule has 7 heteroatoms. The molecule has 1 aliphatic carbocycles. The van der Waals surface area contributed by atoms with Gasteiger partial charge in [-0.3, -0.25) is 4.79 Å². The second-order valence-electron chi connectivity index (χ2n) is 8.36. The number of nitrogens with zero attached hydrogens (tertiary/aromatic N) is 3. The molecule has 3 amide bonds. The van der Waals surface area contributed by atoms with Gasteiger partial charge in [0.2, 0.25) is 0 Å². The molecule has 1 fully saturated rings. The SMILES string of the molecule is O=C(NCCn1cnc2cc(C(=O)N3CCCC3)ccc21)Nc1ccc2c(c1)CCC2. The lowest BCUT2D eigenvalue weighted by Crippen LogP contribution is -2.31. The standard InChI is InChI=1S/C24H27N5O2/c30-23(28-11-1-2-12-28)19-7-9-22-21(15-19)26-16-29(22)13-10-25-24(31)27-20-8-6-17-4-3-5-18(17)14-20/h6-9,14-16H,1-5,10-13H2,(H2,25,27,31). The molecule has 2 heterocycles. The van der Waals surface area contributed by atoms with Crippen molar-refractivity contribution in [3.8, 4) is 0 Å². The van der Waals surface area contributed by atoms with Gasteiger partial charge in [0.25, 0.3) is 5.91 Å². The normalized spacial score (nSPS) is 15.3. The number of likely N-dealkylation sites (tertiary alicyclic amines) is 1. The van der Waals surface area contributed by atoms with Crippen LogP contribution in [0.5, 0.6) is 0 Å². The third-order valence-corrected chi connectivity index (χ3v) is 6.26. The third kappa shape index (κ3) is 4.13. The van der Waals surface area contributed by atoms with Crippen molar-refractivity contribution in [1.29, 1.82) is 0 Å². The zero-order chi connectivity index (χ0) is 21.2. The van der Waals surface area contributed by atoms with E-state index in [2.05, 4.69) is 27.8 Å². The summed E-state index contributed by atoms with van der Waals surface area (Å²) in [6.07, 6.45) is 7.33. The lowest BCUT2D eigenvalue weighted by Gasteiger charge is -2.15. The molecule has 0 radical (unpaired) electrons. The number of benzene rings is 2. The molecular weight excluding hydrogens is 390 g/mol. The number of hydrogen-bond acceptors (Lipinski definition) is 3. The number of hydrogen-bond donors (Lipinski definition) is 2. The van der Waals surface area contributed by atoms with E-state index in [1.165, 1.54) is 17.5 Å². The van der Waals surface area contributed by atoms with Crippen molar-refractivity contribution in [2.24, 2.45) is 0 Å². The second kappa shape index (κ2) is 8.41. The fourth-order valence-corrected chi connectivity index (χ4v) is 4.59. The Kier molecular flexibility index (Phi) is 5.32. The Morgan fingerprint density at radius 1 is 0.968 bits per heavy atom. The van der Waals surface area contributed by atoms with Gasteiger partial charge in [-0.05, 0) is 73.6 Å². The minimum absolute atomic E-state index is 0.0823. The van der Waals surface area contributed by atoms with Crippen LogP contribution in [0.2, 0.25) is 0 Å². The molecule has 2 aliphatic rings. The Balaban J connectivity index is 1.17. The van der Waals surface area contributed by atoms with Crippen molar-refractivity contribution in [3.63, 3.8) is 0 Å². The molecule has 1 saturated heterocycles. The van der Waals surface area contributed by atoms with E-state index in [9.17, 15) is 9.59 Å². The molecule has 1 aliphatic heterocycles. The molecule has 31 heavy (non-hydrogen) atoms. The van der Waals surface area contributed by atoms with E-state index in [1.54, 1.807) is 6.33 Å². The van der Waals surface area contributed by atoms with Crippen molar-refractivity contribution in [3.05, 3.63) is 59.4 Å². The first-order chi connectivity index (χ1) is 15.2. The molecule has 5 rings (SSSR count). The maximum atomic E-state index is 12.6. The predicted octanol–water partition coefficient (Wildman–Crippen LogP) is 3.58. The number of aromatic nitrogens is 2. The number of imidazole rings is 1. The van der Waals surface area contributed by atoms with Gasteiger partial charge in [-0.2, -0.15) is 0 Å². The average molecular weight is 418 g/mol. The Morgan fingerprint density at radius 2 is 1.81 bits per heavy atom. The highest BCUT2D eigenvalue weighted by atomic mass is 16.2. The van der Waals surface area contributed by atoms with Crippen LogP contribution in [0.15, 0.2) is 42.7 Å². The van der Waals surface area contributed by atoms with Crippen LogP contribution in [0.1, 0.15) is 40.7 Å². The summed E-state index contributed by atoms with van der Waals surface area (Å²) in [6, 6.07) is 11.6. The molecule has 1 aromatic heterocycles. The van der Waals surface area contributed by atoms with Crippen LogP contribution in [0.4, 0.5) is 10.5 Å². The highest BCUT2D eigenvalue weighted by molar-refractivity contribution is 5.97. The Hall–Kier alpha value is -3.35. The lowest BCUT2D eigenvalue weighted by atomic mass is 10.1. The van der Waals surface area contributed by atoms with Crippen molar-refractivity contribution in [2.75, 3.05) is 25.0 Å². The molecule has 2 N–H and O–H groups in total. The minimum atomic E-state index is -0.208. The number of amides is 3. The van der Waals surface area contributed by atoms with Gasteiger partial charge in [0.15, 0.2) is 0 Å². The third-order valence-electron chi connectivity index (χ3n) is 6.26. The molecular formula is C24H27N5O2. The van der Waals surface area contributed by atoms with Crippen LogP contribution in [0, 0.1) is 0 Å². The predicted molar refractivity (Wildman–Crippen MR) is 120 cm³/mol. The molecule has 0 unspecified atom stereocenters. The molecule has 2 aromatic carbocycles. The first-order valence-corrected chi connectivity index (χ1v) is 11.1. The van der Waals surface area contributed by atoms with Crippen LogP contribution in [0.3, 0.4) is 0 Å². The zero-order valence-electron chi connectivity index (χ0n) is 17.6. The molecule has 160 valence electrons. The lowest BCUT2D eigenvalue weighted by molar-refractivity contribution is 0.0793. The number of nitrogens with one attached hydrogen (secondary N) is 2. The molecule has 0 spiro atoms. The largest absolute Gasteiger partial charge is 0.339 e. The number of fused-ring (bicyclic) bond motifs is 2. The summed E-state index contributed by atoms with van der Waals surface area (Å²) < 4.78 is 2.00. The summed E-state index contributed by atoms with van der Waals surface area (Å²) in [6.45, 7) is 2.76. The van der Waals surface area contributed by atoms with E-state index in [0.29, 0.717) is 18.7 Å². The Bertz CT molecular complexity index is 1130. The van der Waals surface area contributed by atoms with Crippen LogP contribution in [-0.2, 0) is 19.4 Å². The van der Waals surface area contributed by atoms with E-state index >= 15 is 0 Å². The average Bonchev–Trinajstić information content (AvgIpc) is 3.53. The summed E-state index contributed by atoms with van der Waals surface area (Å²) >= 11 is 0. The zero-order valence-corrected chi connectivity index (χ0v) is 17.6. The van der Waals surface area contributed by atoms with Gasteiger partial charge >= 0.3 is 6.03 Å². The second-order valence-corrected chi connectivity index (χ2v) is 8.36. The van der Waals surface area contributed by atoms with Crippen molar-refractivity contribution in [1.82, 2.24) is 19.8 Å². The van der Waals surface area contributed by atoms with Gasteiger partial charge in [0.05, 0.1) is 17.4 Å². The summed E-state index contributed by atoms with van der Waals surface area (Å²) in [5, 5.41) is 5.83. The van der Waals surface area contributed by atoms with Crippen molar-refractivity contribution >= 4 is 28.7 Å². The quantitative estimate of drug-likeness (QED) is 0.666. The van der Waals surface area contributed by atoms with E-state index in [0.717, 1.165) is 55.5 Å². The number of urea groups is 1. The fraction of sp³-hybridized carbons (Fsp3) is 0.375. The summed E-state index contributed by atoms with van der Waals surface area (Å²) in [4.78, 5) is 31.2. The smallest absolute Gasteiger partial charge is 0.319 e. The Labute approximate surface area is 181 Å². The summed E-state index contributed by atoms with van der Waals surface area (Å²) in [5.74, 6) is 0.0823. The first kappa shape index (κ1) is 19.6. The van der Waals surface area contributed by atoms with Crippen LogP contribution < -0.4 is 10.6 Å². The van der Waals surface area contributed by atoms with Crippen LogP contribution >= 0.6 is 0 Å². The monoisotopic (exact) mass is 417 g/mol. The van der Waals surface area contributed by atoms with E-state index in [1.807, 2.05) is 33.7 Å². The highest BCUT2D eigenvalue weighted by Crippen LogP contribution is 2.25. The number of carbonyl (C=O) groups excluding carboxylic acids is 2. The maximum Gasteiger partial charge on any atom is 0.319 e. The Morgan fingerprint density at radius 3 is 2.68 bits per heavy atom. The van der Waals surface area contributed by atoms with Gasteiger partial charge < -0.3 is 20.1 Å². The van der Waals surface area contributed by atoms with Gasteiger partial charge in [0.1, 0.15) is 0 Å². The summed E-state index contributed by atoms with van der Waals surface area (Å²) in [7, 11) is 0. The van der Waals surface area contributed by atoms with Crippen molar-refractivity contribution in [2.45, 2.75) is 38.6 Å². The van der Waals surface area contributed by atoms with Crippen molar-refractivity contribution < 1.29 is 9.59 Å².